The average Bonchev–Trinajstić information content (AvgIpc) is 2.52. The highest BCUT2D eigenvalue weighted by Gasteiger charge is 2.26. The highest BCUT2D eigenvalue weighted by Crippen LogP contribution is 2.31. The van der Waals surface area contributed by atoms with Crippen molar-refractivity contribution in [2.24, 2.45) is 11.7 Å². The number of hydrogen-bond acceptors (Lipinski definition) is 4. The van der Waals surface area contributed by atoms with Crippen molar-refractivity contribution in [2.75, 3.05) is 11.9 Å². The topological polar surface area (TPSA) is 55.0 Å². The molecule has 2 atom stereocenters. The maximum absolute atomic E-state index is 6.05. The van der Waals surface area contributed by atoms with Crippen LogP contribution in [0, 0.1) is 5.92 Å². The van der Waals surface area contributed by atoms with E-state index in [1.54, 1.807) is 0 Å². The molecule has 1 heterocycles. The van der Waals surface area contributed by atoms with E-state index in [0.29, 0.717) is 12.6 Å². The molecule has 4 heteroatoms. The van der Waals surface area contributed by atoms with Gasteiger partial charge in [-0.15, -0.1) is 5.10 Å². The molecule has 4 nitrogen and oxygen atoms in total. The molecule has 1 aromatic rings. The Morgan fingerprint density at radius 2 is 1.90 bits per heavy atom. The summed E-state index contributed by atoms with van der Waals surface area (Å²) in [4.78, 5) is 2.34. The van der Waals surface area contributed by atoms with Gasteiger partial charge in [0, 0.05) is 25.2 Å². The maximum Gasteiger partial charge on any atom is 0.156 e. The van der Waals surface area contributed by atoms with Crippen LogP contribution >= 0.6 is 0 Å². The van der Waals surface area contributed by atoms with Gasteiger partial charge in [-0.3, -0.25) is 0 Å². The summed E-state index contributed by atoms with van der Waals surface area (Å²) in [6, 6.07) is 0.575. The summed E-state index contributed by atoms with van der Waals surface area (Å²) < 4.78 is 0. The predicted octanol–water partition coefficient (Wildman–Crippen LogP) is 3.08. The molecule has 1 aliphatic rings. The number of rotatable bonds is 5. The lowest BCUT2D eigenvalue weighted by molar-refractivity contribution is 0.335. The minimum Gasteiger partial charge on any atom is -0.355 e. The second-order valence-corrected chi connectivity index (χ2v) is 6.38. The molecule has 1 saturated carbocycles. The minimum absolute atomic E-state index is 0.549. The van der Waals surface area contributed by atoms with Gasteiger partial charge in [-0.05, 0) is 37.2 Å². The Morgan fingerprint density at radius 1 is 1.14 bits per heavy atom. The SMILES string of the molecule is CCc1nnc(N(C)C2CCCC(C)C2)c(CN)c1CC. The van der Waals surface area contributed by atoms with Crippen molar-refractivity contribution in [3.8, 4) is 0 Å². The summed E-state index contributed by atoms with van der Waals surface area (Å²) in [5, 5.41) is 8.99. The molecule has 2 rings (SSSR count). The van der Waals surface area contributed by atoms with Crippen molar-refractivity contribution < 1.29 is 0 Å². The van der Waals surface area contributed by atoms with Crippen LogP contribution < -0.4 is 10.6 Å². The van der Waals surface area contributed by atoms with Crippen LogP contribution in [0.3, 0.4) is 0 Å². The first kappa shape index (κ1) is 16.2. The number of aryl methyl sites for hydroxylation is 1. The fourth-order valence-corrected chi connectivity index (χ4v) is 3.66. The van der Waals surface area contributed by atoms with Crippen LogP contribution in [0.4, 0.5) is 5.82 Å². The molecule has 0 saturated heterocycles. The van der Waals surface area contributed by atoms with Gasteiger partial charge in [0.15, 0.2) is 5.82 Å². The Hall–Kier alpha value is -1.16. The summed E-state index contributed by atoms with van der Waals surface area (Å²) in [5.41, 5.74) is 9.66. The number of aromatic nitrogens is 2. The molecular weight excluding hydrogens is 260 g/mol. The minimum atomic E-state index is 0.549. The second kappa shape index (κ2) is 7.21. The lowest BCUT2D eigenvalue weighted by Crippen LogP contribution is -2.37. The number of nitrogens with zero attached hydrogens (tertiary/aromatic N) is 3. The van der Waals surface area contributed by atoms with E-state index in [-0.39, 0.29) is 0 Å². The van der Waals surface area contributed by atoms with Crippen LogP contribution in [-0.2, 0) is 19.4 Å². The van der Waals surface area contributed by atoms with E-state index in [0.717, 1.165) is 30.3 Å². The second-order valence-electron chi connectivity index (χ2n) is 6.38. The quantitative estimate of drug-likeness (QED) is 0.905. The van der Waals surface area contributed by atoms with Crippen molar-refractivity contribution in [1.82, 2.24) is 10.2 Å². The molecule has 118 valence electrons. The third-order valence-electron chi connectivity index (χ3n) is 4.93. The summed E-state index contributed by atoms with van der Waals surface area (Å²) >= 11 is 0. The molecule has 21 heavy (non-hydrogen) atoms. The summed E-state index contributed by atoms with van der Waals surface area (Å²) in [6.45, 7) is 7.22. The summed E-state index contributed by atoms with van der Waals surface area (Å²) in [7, 11) is 2.16. The molecule has 0 aromatic carbocycles. The van der Waals surface area contributed by atoms with E-state index in [9.17, 15) is 0 Å². The molecule has 0 aliphatic heterocycles. The molecular formula is C17H30N4. The van der Waals surface area contributed by atoms with Crippen LogP contribution in [0.5, 0.6) is 0 Å². The summed E-state index contributed by atoms with van der Waals surface area (Å²) in [5.74, 6) is 1.81. The normalized spacial score (nSPS) is 22.3. The number of hydrogen-bond donors (Lipinski definition) is 1. The van der Waals surface area contributed by atoms with Crippen LogP contribution in [0.15, 0.2) is 0 Å². The Bertz CT molecular complexity index is 472. The van der Waals surface area contributed by atoms with Crippen molar-refractivity contribution in [2.45, 2.75) is 71.9 Å². The fraction of sp³-hybridized carbons (Fsp3) is 0.765. The van der Waals surface area contributed by atoms with E-state index in [2.05, 4.69) is 42.9 Å². The molecule has 1 aliphatic carbocycles. The Kier molecular flexibility index (Phi) is 5.57. The Morgan fingerprint density at radius 3 is 2.48 bits per heavy atom. The first-order valence-corrected chi connectivity index (χ1v) is 8.42. The third-order valence-corrected chi connectivity index (χ3v) is 4.93. The van der Waals surface area contributed by atoms with Gasteiger partial charge in [0.2, 0.25) is 0 Å². The zero-order valence-corrected chi connectivity index (χ0v) is 14.0. The van der Waals surface area contributed by atoms with E-state index in [1.807, 2.05) is 0 Å². The lowest BCUT2D eigenvalue weighted by atomic mass is 9.86. The van der Waals surface area contributed by atoms with Gasteiger partial charge in [-0.25, -0.2) is 0 Å². The first-order chi connectivity index (χ1) is 10.1. The number of nitrogens with two attached hydrogens (primary N) is 1. The van der Waals surface area contributed by atoms with Crippen molar-refractivity contribution in [3.05, 3.63) is 16.8 Å². The van der Waals surface area contributed by atoms with E-state index in [4.69, 9.17) is 5.73 Å². The van der Waals surface area contributed by atoms with Gasteiger partial charge in [0.1, 0.15) is 0 Å². The van der Waals surface area contributed by atoms with Gasteiger partial charge in [-0.1, -0.05) is 33.6 Å². The Labute approximate surface area is 129 Å². The summed E-state index contributed by atoms with van der Waals surface area (Å²) in [6.07, 6.45) is 7.08. The van der Waals surface area contributed by atoms with Crippen LogP contribution in [0.2, 0.25) is 0 Å². The van der Waals surface area contributed by atoms with Gasteiger partial charge in [0.05, 0.1) is 5.69 Å². The van der Waals surface area contributed by atoms with Gasteiger partial charge < -0.3 is 10.6 Å². The fourth-order valence-electron chi connectivity index (χ4n) is 3.66. The molecule has 0 spiro atoms. The molecule has 2 unspecified atom stereocenters. The first-order valence-electron chi connectivity index (χ1n) is 8.42. The molecule has 2 N–H and O–H groups in total. The highest BCUT2D eigenvalue weighted by atomic mass is 15.3. The largest absolute Gasteiger partial charge is 0.355 e. The van der Waals surface area contributed by atoms with Crippen molar-refractivity contribution in [1.29, 1.82) is 0 Å². The monoisotopic (exact) mass is 290 g/mol. The smallest absolute Gasteiger partial charge is 0.156 e. The van der Waals surface area contributed by atoms with Gasteiger partial charge in [-0.2, -0.15) is 5.10 Å². The highest BCUT2D eigenvalue weighted by molar-refractivity contribution is 5.51. The van der Waals surface area contributed by atoms with Crippen molar-refractivity contribution >= 4 is 5.82 Å². The number of anilines is 1. The molecule has 0 bridgehead atoms. The standard InChI is InChI=1S/C17H30N4/c1-5-14-15(11-18)17(20-19-16(14)6-2)21(4)13-9-7-8-12(3)10-13/h12-13H,5-11,18H2,1-4H3. The van der Waals surface area contributed by atoms with E-state index < -0.39 is 0 Å². The van der Waals surface area contributed by atoms with Gasteiger partial charge in [0.25, 0.3) is 0 Å². The van der Waals surface area contributed by atoms with Crippen LogP contribution in [-0.4, -0.2) is 23.3 Å². The molecule has 1 aromatic heterocycles. The molecule has 1 fully saturated rings. The van der Waals surface area contributed by atoms with Crippen LogP contribution in [0.1, 0.15) is 63.3 Å². The van der Waals surface area contributed by atoms with E-state index >= 15 is 0 Å². The van der Waals surface area contributed by atoms with Gasteiger partial charge >= 0.3 is 0 Å². The average molecular weight is 290 g/mol. The maximum atomic E-state index is 6.05. The van der Waals surface area contributed by atoms with E-state index in [1.165, 1.54) is 36.8 Å². The predicted molar refractivity (Wildman–Crippen MR) is 88.5 cm³/mol. The lowest BCUT2D eigenvalue weighted by Gasteiger charge is -2.36. The molecule has 0 radical (unpaired) electrons. The third kappa shape index (κ3) is 3.37. The molecule has 0 amide bonds. The van der Waals surface area contributed by atoms with Crippen molar-refractivity contribution in [3.63, 3.8) is 0 Å². The Balaban J connectivity index is 2.33. The zero-order valence-electron chi connectivity index (χ0n) is 14.0. The van der Waals surface area contributed by atoms with Crippen LogP contribution in [0.25, 0.3) is 0 Å². The zero-order chi connectivity index (χ0) is 15.4.